The largest absolute Gasteiger partial charge is 0.468 e. The number of furan rings is 1. The van der Waals surface area contributed by atoms with E-state index in [9.17, 15) is 19.6 Å². The van der Waals surface area contributed by atoms with E-state index < -0.39 is 17.8 Å². The molecule has 2 amide bonds. The fourth-order valence-electron chi connectivity index (χ4n) is 4.04. The smallest absolute Gasteiger partial charge is 0.339 e. The average molecular weight is 563 g/mol. The lowest BCUT2D eigenvalue weighted by Gasteiger charge is -2.28. The van der Waals surface area contributed by atoms with Crippen molar-refractivity contribution in [2.24, 2.45) is 0 Å². The second kappa shape index (κ2) is 12.4. The molecule has 2 heterocycles. The molecule has 1 aliphatic rings. The number of methoxy groups -OCH3 is 1. The predicted octanol–water partition coefficient (Wildman–Crippen LogP) is 5.43. The number of dihydropyridines is 1. The highest BCUT2D eigenvalue weighted by Crippen LogP contribution is 2.41. The number of hydrogen-bond acceptors (Lipinski definition) is 8. The molecule has 0 bridgehead atoms. The SMILES string of the molecule is COC(=O)c1ccccc1NC(=O)C1=C(C)NC(SCC(=O)Nc2cccc(Cl)c2)=C(C#N)[C@H]1c1ccco1. The molecule has 198 valence electrons. The van der Waals surface area contributed by atoms with E-state index in [2.05, 4.69) is 22.0 Å². The molecule has 3 aromatic rings. The lowest BCUT2D eigenvalue weighted by molar-refractivity contribution is -0.114. The summed E-state index contributed by atoms with van der Waals surface area (Å²) < 4.78 is 10.4. The third-order valence-electron chi connectivity index (χ3n) is 5.76. The minimum atomic E-state index is -0.852. The van der Waals surface area contributed by atoms with Crippen LogP contribution in [-0.4, -0.2) is 30.6 Å². The average Bonchev–Trinajstić information content (AvgIpc) is 3.46. The number of nitrogens with one attached hydrogen (secondary N) is 3. The standard InChI is InChI=1S/C28H23ClN4O5S/c1-16-24(26(35)33-21-10-4-3-9-19(21)28(36)37-2)25(22-11-6-12-38-22)20(14-30)27(31-16)39-15-23(34)32-18-8-5-7-17(29)13-18/h3-13,25,31H,15H2,1-2H3,(H,32,34)(H,33,35)/t25-/m0/s1. The number of ether oxygens (including phenoxy) is 1. The maximum atomic E-state index is 13.6. The van der Waals surface area contributed by atoms with Gasteiger partial charge in [-0.2, -0.15) is 5.26 Å². The molecule has 0 radical (unpaired) electrons. The third kappa shape index (κ3) is 6.34. The van der Waals surface area contributed by atoms with Gasteiger partial charge < -0.3 is 25.1 Å². The summed E-state index contributed by atoms with van der Waals surface area (Å²) in [6.45, 7) is 1.69. The number of para-hydroxylation sites is 1. The number of hydrogen-bond donors (Lipinski definition) is 3. The summed E-state index contributed by atoms with van der Waals surface area (Å²) in [4.78, 5) is 38.4. The molecular weight excluding hydrogens is 540 g/mol. The van der Waals surface area contributed by atoms with Crippen LogP contribution in [-0.2, 0) is 14.3 Å². The van der Waals surface area contributed by atoms with Crippen molar-refractivity contribution in [3.05, 3.63) is 105 Å². The van der Waals surface area contributed by atoms with Crippen molar-refractivity contribution < 1.29 is 23.5 Å². The van der Waals surface area contributed by atoms with Gasteiger partial charge >= 0.3 is 5.97 Å². The zero-order valence-electron chi connectivity index (χ0n) is 20.9. The lowest BCUT2D eigenvalue weighted by atomic mass is 9.85. The predicted molar refractivity (Wildman–Crippen MR) is 149 cm³/mol. The van der Waals surface area contributed by atoms with E-state index in [4.69, 9.17) is 20.8 Å². The van der Waals surface area contributed by atoms with Crippen LogP contribution < -0.4 is 16.0 Å². The number of carbonyl (C=O) groups is 3. The summed E-state index contributed by atoms with van der Waals surface area (Å²) in [5.74, 6) is -1.92. The van der Waals surface area contributed by atoms with Crippen LogP contribution in [0.2, 0.25) is 5.02 Å². The van der Waals surface area contributed by atoms with Gasteiger partial charge in [0, 0.05) is 16.4 Å². The Labute approximate surface area is 233 Å². The number of allylic oxidation sites excluding steroid dienone is 2. The topological polar surface area (TPSA) is 133 Å². The van der Waals surface area contributed by atoms with Gasteiger partial charge in [-0.15, -0.1) is 0 Å². The van der Waals surface area contributed by atoms with Crippen molar-refractivity contribution >= 4 is 52.5 Å². The molecule has 9 nitrogen and oxygen atoms in total. The van der Waals surface area contributed by atoms with Crippen LogP contribution in [0.3, 0.4) is 0 Å². The second-order valence-corrected chi connectivity index (χ2v) is 9.73. The summed E-state index contributed by atoms with van der Waals surface area (Å²) in [5.41, 5.74) is 1.89. The van der Waals surface area contributed by atoms with Crippen molar-refractivity contribution in [2.45, 2.75) is 12.8 Å². The number of halogens is 1. The van der Waals surface area contributed by atoms with Crippen molar-refractivity contribution in [3.63, 3.8) is 0 Å². The normalized spacial score (nSPS) is 14.8. The van der Waals surface area contributed by atoms with Gasteiger partial charge in [0.25, 0.3) is 5.91 Å². The summed E-state index contributed by atoms with van der Waals surface area (Å²) in [5, 5.41) is 19.7. The Morgan fingerprint density at radius 1 is 1.13 bits per heavy atom. The molecule has 0 unspecified atom stereocenters. The number of carbonyl (C=O) groups excluding carboxylic acids is 3. The van der Waals surface area contributed by atoms with E-state index in [-0.39, 0.29) is 34.1 Å². The molecule has 0 fully saturated rings. The molecule has 1 aliphatic heterocycles. The molecule has 1 atom stereocenters. The van der Waals surface area contributed by atoms with Gasteiger partial charge in [-0.25, -0.2) is 4.79 Å². The van der Waals surface area contributed by atoms with Gasteiger partial charge in [0.1, 0.15) is 5.76 Å². The maximum Gasteiger partial charge on any atom is 0.339 e. The maximum absolute atomic E-state index is 13.6. The van der Waals surface area contributed by atoms with Crippen molar-refractivity contribution in [2.75, 3.05) is 23.5 Å². The van der Waals surface area contributed by atoms with Crippen LogP contribution in [0.5, 0.6) is 0 Å². The van der Waals surface area contributed by atoms with E-state index >= 15 is 0 Å². The molecule has 2 aromatic carbocycles. The Kier molecular flexibility index (Phi) is 8.76. The lowest BCUT2D eigenvalue weighted by Crippen LogP contribution is -2.31. The Morgan fingerprint density at radius 2 is 1.92 bits per heavy atom. The molecule has 3 N–H and O–H groups in total. The summed E-state index contributed by atoms with van der Waals surface area (Å²) in [6.07, 6.45) is 1.45. The minimum Gasteiger partial charge on any atom is -0.468 e. The zero-order chi connectivity index (χ0) is 27.9. The fraction of sp³-hybridized carbons (Fsp3) is 0.143. The Bertz CT molecular complexity index is 1520. The molecule has 1 aromatic heterocycles. The van der Waals surface area contributed by atoms with E-state index in [0.717, 1.165) is 11.8 Å². The highest BCUT2D eigenvalue weighted by molar-refractivity contribution is 8.03. The minimum absolute atomic E-state index is 0.00772. The van der Waals surface area contributed by atoms with E-state index in [0.29, 0.717) is 27.2 Å². The molecule has 11 heteroatoms. The Hall–Kier alpha value is -4.46. The fourth-order valence-corrected chi connectivity index (χ4v) is 5.12. The van der Waals surface area contributed by atoms with E-state index in [1.54, 1.807) is 61.5 Å². The first-order chi connectivity index (χ1) is 18.8. The van der Waals surface area contributed by atoms with Crippen LogP contribution in [0.25, 0.3) is 0 Å². The van der Waals surface area contributed by atoms with Gasteiger partial charge in [0.05, 0.1) is 58.5 Å². The summed E-state index contributed by atoms with van der Waals surface area (Å²) in [7, 11) is 1.25. The number of rotatable bonds is 8. The van der Waals surface area contributed by atoms with E-state index in [1.807, 2.05) is 0 Å². The van der Waals surface area contributed by atoms with Crippen molar-refractivity contribution in [3.8, 4) is 6.07 Å². The number of thioether (sulfide) groups is 1. The first-order valence-corrected chi connectivity index (χ1v) is 13.0. The zero-order valence-corrected chi connectivity index (χ0v) is 22.5. The van der Waals surface area contributed by atoms with Crippen LogP contribution >= 0.6 is 23.4 Å². The number of benzene rings is 2. The number of anilines is 2. The first-order valence-electron chi connectivity index (χ1n) is 11.6. The van der Waals surface area contributed by atoms with Gasteiger partial charge in [-0.1, -0.05) is 41.6 Å². The van der Waals surface area contributed by atoms with Crippen molar-refractivity contribution in [1.29, 1.82) is 5.26 Å². The highest BCUT2D eigenvalue weighted by atomic mass is 35.5. The summed E-state index contributed by atoms with van der Waals surface area (Å²) in [6, 6.07) is 18.7. The Morgan fingerprint density at radius 3 is 2.62 bits per heavy atom. The van der Waals surface area contributed by atoms with Gasteiger partial charge in [0.15, 0.2) is 0 Å². The van der Waals surface area contributed by atoms with E-state index in [1.165, 1.54) is 19.4 Å². The number of amides is 2. The molecule has 4 rings (SSSR count). The quantitative estimate of drug-likeness (QED) is 0.310. The van der Waals surface area contributed by atoms with Crippen LogP contribution in [0.15, 0.2) is 93.2 Å². The molecule has 39 heavy (non-hydrogen) atoms. The Balaban J connectivity index is 1.61. The second-order valence-electron chi connectivity index (χ2n) is 8.31. The molecule has 0 aliphatic carbocycles. The van der Waals surface area contributed by atoms with Crippen molar-refractivity contribution in [1.82, 2.24) is 5.32 Å². The van der Waals surface area contributed by atoms with Gasteiger partial charge in [-0.3, -0.25) is 9.59 Å². The van der Waals surface area contributed by atoms with Crippen LogP contribution in [0.4, 0.5) is 11.4 Å². The number of nitriles is 1. The molecular formula is C28H23ClN4O5S. The molecule has 0 saturated heterocycles. The number of esters is 1. The molecule has 0 spiro atoms. The third-order valence-corrected chi connectivity index (χ3v) is 7.01. The highest BCUT2D eigenvalue weighted by Gasteiger charge is 2.37. The summed E-state index contributed by atoms with van der Waals surface area (Å²) >= 11 is 7.11. The van der Waals surface area contributed by atoms with Crippen LogP contribution in [0.1, 0.15) is 29.0 Å². The van der Waals surface area contributed by atoms with Gasteiger partial charge in [-0.05, 0) is 49.4 Å². The monoisotopic (exact) mass is 562 g/mol. The first kappa shape index (κ1) is 27.6. The molecule has 0 saturated carbocycles. The number of nitrogens with zero attached hydrogens (tertiary/aromatic N) is 1. The van der Waals surface area contributed by atoms with Crippen LogP contribution in [0, 0.1) is 11.3 Å². The van der Waals surface area contributed by atoms with Gasteiger partial charge in [0.2, 0.25) is 5.91 Å².